The van der Waals surface area contributed by atoms with E-state index in [1.54, 1.807) is 11.6 Å². The fraction of sp³-hybridized carbons (Fsp3) is 0.125. The van der Waals surface area contributed by atoms with E-state index in [1.807, 2.05) is 24.3 Å². The molecule has 0 radical (unpaired) electrons. The monoisotopic (exact) mass is 197 g/mol. The number of fused-ring (bicyclic) bond motifs is 1. The Morgan fingerprint density at radius 1 is 1.31 bits per heavy atom. The number of benzene rings is 1. The number of para-hydroxylation sites is 1. The van der Waals surface area contributed by atoms with Crippen molar-refractivity contribution in [1.82, 2.24) is 4.57 Å². The predicted octanol–water partition coefficient (Wildman–Crippen LogP) is 0.419. The van der Waals surface area contributed by atoms with Crippen molar-refractivity contribution in [2.45, 2.75) is 0 Å². The largest absolute Gasteiger partial charge is 0.307 e. The summed E-state index contributed by atoms with van der Waals surface area (Å²) in [5.41, 5.74) is 1.02. The minimum atomic E-state index is 0.103. The van der Waals surface area contributed by atoms with E-state index < -0.39 is 0 Å². The van der Waals surface area contributed by atoms with Gasteiger partial charge in [0, 0.05) is 7.05 Å². The first-order chi connectivity index (χ1) is 6.29. The molecule has 2 rings (SSSR count). The van der Waals surface area contributed by atoms with E-state index in [0.29, 0.717) is 0 Å². The normalized spacial score (nSPS) is 9.46. The second kappa shape index (κ2) is 4.18. The Hall–Kier alpha value is -1.17. The summed E-state index contributed by atoms with van der Waals surface area (Å²) in [6.07, 6.45) is 0. The Balaban J connectivity index is 0.000000396. The quantitative estimate of drug-likeness (QED) is 0.475. The van der Waals surface area contributed by atoms with Crippen LogP contribution in [0, 0.1) is 0 Å². The van der Waals surface area contributed by atoms with E-state index in [1.165, 1.54) is 11.3 Å². The van der Waals surface area contributed by atoms with Gasteiger partial charge in [0.15, 0.2) is 0 Å². The Bertz CT molecular complexity index is 446. The fourth-order valence-corrected chi connectivity index (χ4v) is 1.96. The molecule has 1 aromatic carbocycles. The predicted molar refractivity (Wildman–Crippen MR) is 55.4 cm³/mol. The van der Waals surface area contributed by atoms with Crippen molar-refractivity contribution in [3.05, 3.63) is 33.9 Å². The van der Waals surface area contributed by atoms with Gasteiger partial charge in [-0.05, 0) is 12.1 Å². The third-order valence-electron chi connectivity index (χ3n) is 1.70. The summed E-state index contributed by atoms with van der Waals surface area (Å²) in [5.74, 6) is 8.00. The summed E-state index contributed by atoms with van der Waals surface area (Å²) >= 11 is 1.29. The van der Waals surface area contributed by atoms with Crippen molar-refractivity contribution >= 4 is 21.6 Å². The first-order valence-corrected chi connectivity index (χ1v) is 4.48. The lowest BCUT2D eigenvalue weighted by Crippen LogP contribution is -2.06. The zero-order valence-electron chi connectivity index (χ0n) is 7.23. The van der Waals surface area contributed by atoms with Crippen LogP contribution >= 0.6 is 11.3 Å². The number of hydrogen-bond donors (Lipinski definition) is 2. The molecule has 70 valence electrons. The molecule has 2 aromatic rings. The van der Waals surface area contributed by atoms with Gasteiger partial charge >= 0.3 is 4.87 Å². The Labute approximate surface area is 79.4 Å². The van der Waals surface area contributed by atoms with E-state index in [0.717, 1.165) is 10.2 Å². The third-order valence-corrected chi connectivity index (χ3v) is 2.71. The third kappa shape index (κ3) is 1.77. The second-order valence-corrected chi connectivity index (χ2v) is 3.39. The molecule has 0 fully saturated rings. The standard InChI is InChI=1S/C8H7NOS.H4N2/c1-9-6-4-2-3-5-7(6)11-8(9)10;1-2/h2-5H,1H3;1-2H2. The maximum Gasteiger partial charge on any atom is 0.307 e. The van der Waals surface area contributed by atoms with Crippen LogP contribution in [-0.2, 0) is 7.05 Å². The number of nitrogens with zero attached hydrogens (tertiary/aromatic N) is 1. The summed E-state index contributed by atoms with van der Waals surface area (Å²) in [6.45, 7) is 0. The second-order valence-electron chi connectivity index (χ2n) is 2.39. The molecule has 0 aliphatic rings. The lowest BCUT2D eigenvalue weighted by Gasteiger charge is -1.89. The van der Waals surface area contributed by atoms with Crippen molar-refractivity contribution in [3.8, 4) is 0 Å². The number of hydrazine groups is 1. The lowest BCUT2D eigenvalue weighted by molar-refractivity contribution is 0.939. The van der Waals surface area contributed by atoms with Gasteiger partial charge in [-0.2, -0.15) is 0 Å². The van der Waals surface area contributed by atoms with Crippen LogP contribution in [0.15, 0.2) is 29.1 Å². The topological polar surface area (TPSA) is 74.0 Å². The SMILES string of the molecule is Cn1c(=O)sc2ccccc21.NN. The highest BCUT2D eigenvalue weighted by Crippen LogP contribution is 2.14. The molecule has 0 saturated carbocycles. The van der Waals surface area contributed by atoms with Gasteiger partial charge in [0.2, 0.25) is 0 Å². The maximum atomic E-state index is 11.1. The zero-order valence-corrected chi connectivity index (χ0v) is 8.04. The molecule has 0 atom stereocenters. The van der Waals surface area contributed by atoms with Gasteiger partial charge in [0.1, 0.15) is 0 Å². The number of hydrogen-bond acceptors (Lipinski definition) is 4. The minimum absolute atomic E-state index is 0.103. The van der Waals surface area contributed by atoms with Crippen LogP contribution in [0.3, 0.4) is 0 Å². The van der Waals surface area contributed by atoms with E-state index in [2.05, 4.69) is 11.7 Å². The number of aryl methyl sites for hydroxylation is 1. The molecule has 0 aliphatic heterocycles. The van der Waals surface area contributed by atoms with E-state index in [-0.39, 0.29) is 4.87 Å². The Morgan fingerprint density at radius 3 is 2.54 bits per heavy atom. The van der Waals surface area contributed by atoms with Gasteiger partial charge < -0.3 is 4.57 Å². The van der Waals surface area contributed by atoms with Gasteiger partial charge in [0.25, 0.3) is 0 Å². The molecule has 0 bridgehead atoms. The highest BCUT2D eigenvalue weighted by molar-refractivity contribution is 7.16. The number of aromatic nitrogens is 1. The van der Waals surface area contributed by atoms with Crippen LogP contribution in [0.1, 0.15) is 0 Å². The number of nitrogens with two attached hydrogens (primary N) is 2. The fourth-order valence-electron chi connectivity index (χ4n) is 1.08. The smallest absolute Gasteiger partial charge is 0.302 e. The molecule has 4 N–H and O–H groups in total. The highest BCUT2D eigenvalue weighted by Gasteiger charge is 2.00. The van der Waals surface area contributed by atoms with Crippen LogP contribution in [0.4, 0.5) is 0 Å². The first kappa shape index (κ1) is 9.91. The summed E-state index contributed by atoms with van der Waals surface area (Å²) in [7, 11) is 1.79. The van der Waals surface area contributed by atoms with Gasteiger partial charge in [-0.25, -0.2) is 0 Å². The molecule has 5 heteroatoms. The molecular weight excluding hydrogens is 186 g/mol. The summed E-state index contributed by atoms with van der Waals surface area (Å²) in [5, 5.41) is 0. The molecule has 0 aliphatic carbocycles. The summed E-state index contributed by atoms with van der Waals surface area (Å²) in [6, 6.07) is 7.79. The van der Waals surface area contributed by atoms with Gasteiger partial charge in [0.05, 0.1) is 10.2 Å². The molecule has 1 heterocycles. The van der Waals surface area contributed by atoms with Crippen molar-refractivity contribution in [3.63, 3.8) is 0 Å². The Kier molecular flexibility index (Phi) is 3.18. The van der Waals surface area contributed by atoms with Crippen LogP contribution in [0.25, 0.3) is 10.2 Å². The van der Waals surface area contributed by atoms with Crippen LogP contribution in [0.2, 0.25) is 0 Å². The van der Waals surface area contributed by atoms with E-state index in [4.69, 9.17) is 0 Å². The number of rotatable bonds is 0. The molecule has 0 unspecified atom stereocenters. The van der Waals surface area contributed by atoms with Crippen molar-refractivity contribution in [2.24, 2.45) is 18.7 Å². The van der Waals surface area contributed by atoms with Gasteiger partial charge in [-0.3, -0.25) is 16.5 Å². The van der Waals surface area contributed by atoms with Crippen LogP contribution < -0.4 is 16.6 Å². The van der Waals surface area contributed by atoms with E-state index >= 15 is 0 Å². The lowest BCUT2D eigenvalue weighted by atomic mass is 10.3. The summed E-state index contributed by atoms with van der Waals surface area (Å²) in [4.78, 5) is 11.2. The van der Waals surface area contributed by atoms with Crippen molar-refractivity contribution in [2.75, 3.05) is 0 Å². The average Bonchev–Trinajstić information content (AvgIpc) is 2.47. The molecule has 1 aromatic heterocycles. The average molecular weight is 197 g/mol. The molecule has 0 spiro atoms. The summed E-state index contributed by atoms with van der Waals surface area (Å²) < 4.78 is 2.72. The zero-order chi connectivity index (χ0) is 9.84. The van der Waals surface area contributed by atoms with E-state index in [9.17, 15) is 4.79 Å². The minimum Gasteiger partial charge on any atom is -0.302 e. The molecule has 0 amide bonds. The highest BCUT2D eigenvalue weighted by atomic mass is 32.1. The number of thiazole rings is 1. The van der Waals surface area contributed by atoms with Gasteiger partial charge in [-0.15, -0.1) is 0 Å². The van der Waals surface area contributed by atoms with Crippen molar-refractivity contribution < 1.29 is 0 Å². The molecule has 13 heavy (non-hydrogen) atoms. The van der Waals surface area contributed by atoms with Crippen molar-refractivity contribution in [1.29, 1.82) is 0 Å². The van der Waals surface area contributed by atoms with Crippen LogP contribution in [0.5, 0.6) is 0 Å². The molecular formula is C8H11N3OS. The first-order valence-electron chi connectivity index (χ1n) is 3.67. The maximum absolute atomic E-state index is 11.1. The van der Waals surface area contributed by atoms with Gasteiger partial charge in [-0.1, -0.05) is 23.5 Å². The Morgan fingerprint density at radius 2 is 1.92 bits per heavy atom. The molecule has 4 nitrogen and oxygen atoms in total. The van der Waals surface area contributed by atoms with Crippen LogP contribution in [-0.4, -0.2) is 4.57 Å². The molecule has 0 saturated heterocycles.